The number of hydrogen-bond acceptors (Lipinski definition) is 3. The van der Waals surface area contributed by atoms with E-state index in [2.05, 4.69) is 5.32 Å². The van der Waals surface area contributed by atoms with Crippen molar-refractivity contribution in [2.24, 2.45) is 0 Å². The summed E-state index contributed by atoms with van der Waals surface area (Å²) in [6.07, 6.45) is 2.31. The molecule has 2 aromatic rings. The molecule has 2 aromatic carbocycles. The van der Waals surface area contributed by atoms with Gasteiger partial charge in [0.25, 0.3) is 5.91 Å². The second-order valence-electron chi connectivity index (χ2n) is 6.46. The fraction of sp³-hybridized carbons (Fsp3) is 0.300. The van der Waals surface area contributed by atoms with Crippen molar-refractivity contribution in [2.75, 3.05) is 0 Å². The molecule has 5 nitrogen and oxygen atoms in total. The molecule has 0 aromatic heterocycles. The SMILES string of the molecule is O=C(O)CC1(NC(=O)c2cccc(OCc3ccccc3)c2)CCC1. The Labute approximate surface area is 146 Å². The van der Waals surface area contributed by atoms with Crippen LogP contribution in [0.1, 0.15) is 41.6 Å². The third-order valence-electron chi connectivity index (χ3n) is 4.52. The number of benzene rings is 2. The topological polar surface area (TPSA) is 75.6 Å². The van der Waals surface area contributed by atoms with Gasteiger partial charge < -0.3 is 15.2 Å². The summed E-state index contributed by atoms with van der Waals surface area (Å²) in [5.74, 6) is -0.538. The molecule has 0 bridgehead atoms. The van der Waals surface area contributed by atoms with Gasteiger partial charge >= 0.3 is 5.97 Å². The summed E-state index contributed by atoms with van der Waals surface area (Å²) in [6.45, 7) is 0.425. The van der Waals surface area contributed by atoms with Crippen LogP contribution < -0.4 is 10.1 Å². The minimum absolute atomic E-state index is 0.0388. The monoisotopic (exact) mass is 339 g/mol. The Bertz CT molecular complexity index is 753. The predicted molar refractivity (Wildman–Crippen MR) is 93.5 cm³/mol. The normalized spacial score (nSPS) is 15.0. The maximum absolute atomic E-state index is 12.5. The quantitative estimate of drug-likeness (QED) is 0.811. The molecular formula is C20H21NO4. The molecule has 25 heavy (non-hydrogen) atoms. The standard InChI is InChI=1S/C20H21NO4/c22-18(23)13-20(10-5-11-20)21-19(24)16-8-4-9-17(12-16)25-14-15-6-2-1-3-7-15/h1-4,6-9,12H,5,10-11,13-14H2,(H,21,24)(H,22,23). The van der Waals surface area contributed by atoms with Crippen molar-refractivity contribution in [2.45, 2.75) is 37.8 Å². The lowest BCUT2D eigenvalue weighted by Gasteiger charge is -2.41. The minimum atomic E-state index is -0.889. The van der Waals surface area contributed by atoms with Crippen molar-refractivity contribution in [1.29, 1.82) is 0 Å². The number of carbonyl (C=O) groups excluding carboxylic acids is 1. The number of amides is 1. The van der Waals surface area contributed by atoms with E-state index in [0.29, 0.717) is 30.8 Å². The van der Waals surface area contributed by atoms with Gasteiger partial charge in [-0.2, -0.15) is 0 Å². The van der Waals surface area contributed by atoms with E-state index in [9.17, 15) is 9.59 Å². The number of aliphatic carboxylic acids is 1. The van der Waals surface area contributed by atoms with Gasteiger partial charge in [-0.25, -0.2) is 0 Å². The molecule has 1 aliphatic carbocycles. The predicted octanol–water partition coefficient (Wildman–Crippen LogP) is 3.39. The van der Waals surface area contributed by atoms with Crippen molar-refractivity contribution in [1.82, 2.24) is 5.32 Å². The van der Waals surface area contributed by atoms with Gasteiger partial charge in [0.15, 0.2) is 0 Å². The van der Waals surface area contributed by atoms with Crippen LogP contribution in [-0.4, -0.2) is 22.5 Å². The minimum Gasteiger partial charge on any atom is -0.489 e. The Kier molecular flexibility index (Phi) is 5.03. The zero-order valence-corrected chi connectivity index (χ0v) is 13.9. The van der Waals surface area contributed by atoms with Gasteiger partial charge in [-0.1, -0.05) is 36.4 Å². The van der Waals surface area contributed by atoms with Crippen LogP contribution >= 0.6 is 0 Å². The molecule has 0 radical (unpaired) electrons. The van der Waals surface area contributed by atoms with Gasteiger partial charge in [-0.3, -0.25) is 9.59 Å². The molecule has 0 saturated heterocycles. The summed E-state index contributed by atoms with van der Waals surface area (Å²) in [6, 6.07) is 16.7. The van der Waals surface area contributed by atoms with E-state index in [1.807, 2.05) is 30.3 Å². The molecule has 1 fully saturated rings. The highest BCUT2D eigenvalue weighted by molar-refractivity contribution is 5.95. The number of ether oxygens (including phenoxy) is 1. The number of hydrogen-bond donors (Lipinski definition) is 2. The second-order valence-corrected chi connectivity index (χ2v) is 6.46. The van der Waals surface area contributed by atoms with Crippen LogP contribution in [0, 0.1) is 0 Å². The number of nitrogens with one attached hydrogen (secondary N) is 1. The van der Waals surface area contributed by atoms with Crippen LogP contribution in [0.2, 0.25) is 0 Å². The van der Waals surface area contributed by atoms with Crippen LogP contribution in [0.4, 0.5) is 0 Å². The Balaban J connectivity index is 1.64. The Morgan fingerprint density at radius 1 is 1.08 bits per heavy atom. The molecule has 1 saturated carbocycles. The summed E-state index contributed by atoms with van der Waals surface area (Å²) in [4.78, 5) is 23.5. The third-order valence-corrected chi connectivity index (χ3v) is 4.52. The summed E-state index contributed by atoms with van der Waals surface area (Å²) in [5.41, 5.74) is 0.915. The Morgan fingerprint density at radius 2 is 1.84 bits per heavy atom. The molecule has 5 heteroatoms. The van der Waals surface area contributed by atoms with E-state index in [-0.39, 0.29) is 12.3 Å². The molecular weight excluding hydrogens is 318 g/mol. The van der Waals surface area contributed by atoms with Gasteiger partial charge in [-0.15, -0.1) is 0 Å². The molecule has 0 spiro atoms. The average molecular weight is 339 g/mol. The molecule has 0 unspecified atom stereocenters. The lowest BCUT2D eigenvalue weighted by atomic mass is 9.74. The van der Waals surface area contributed by atoms with Crippen LogP contribution in [0.15, 0.2) is 54.6 Å². The Hall–Kier alpha value is -2.82. The third kappa shape index (κ3) is 4.38. The second kappa shape index (κ2) is 7.38. The van der Waals surface area contributed by atoms with E-state index in [1.54, 1.807) is 24.3 Å². The number of rotatable bonds is 7. The molecule has 0 atom stereocenters. The van der Waals surface area contributed by atoms with Gasteiger partial charge in [0.2, 0.25) is 0 Å². The number of carboxylic acid groups (broad SMARTS) is 1. The number of carbonyl (C=O) groups is 2. The van der Waals surface area contributed by atoms with E-state index in [1.165, 1.54) is 0 Å². The molecule has 130 valence electrons. The summed E-state index contributed by atoms with van der Waals surface area (Å²) < 4.78 is 5.74. The fourth-order valence-corrected chi connectivity index (χ4v) is 3.02. The molecule has 0 heterocycles. The van der Waals surface area contributed by atoms with Crippen molar-refractivity contribution in [3.63, 3.8) is 0 Å². The van der Waals surface area contributed by atoms with Crippen LogP contribution in [0.5, 0.6) is 5.75 Å². The smallest absolute Gasteiger partial charge is 0.305 e. The highest BCUT2D eigenvalue weighted by Gasteiger charge is 2.40. The summed E-state index contributed by atoms with van der Waals surface area (Å²) >= 11 is 0. The molecule has 1 amide bonds. The van der Waals surface area contributed by atoms with Crippen LogP contribution in [0.3, 0.4) is 0 Å². The first-order valence-corrected chi connectivity index (χ1v) is 8.37. The average Bonchev–Trinajstić information content (AvgIpc) is 2.59. The molecule has 3 rings (SSSR count). The lowest BCUT2D eigenvalue weighted by Crippen LogP contribution is -2.54. The fourth-order valence-electron chi connectivity index (χ4n) is 3.02. The van der Waals surface area contributed by atoms with Crippen molar-refractivity contribution < 1.29 is 19.4 Å². The van der Waals surface area contributed by atoms with Gasteiger partial charge in [0.1, 0.15) is 12.4 Å². The first-order chi connectivity index (χ1) is 12.1. The van der Waals surface area contributed by atoms with E-state index in [0.717, 1.165) is 12.0 Å². The maximum Gasteiger partial charge on any atom is 0.305 e. The first-order valence-electron chi connectivity index (χ1n) is 8.37. The number of carboxylic acids is 1. The van der Waals surface area contributed by atoms with Crippen molar-refractivity contribution in [3.8, 4) is 5.75 Å². The van der Waals surface area contributed by atoms with E-state index < -0.39 is 11.5 Å². The Morgan fingerprint density at radius 3 is 2.48 bits per heavy atom. The summed E-state index contributed by atoms with van der Waals surface area (Å²) in [5, 5.41) is 12.0. The maximum atomic E-state index is 12.5. The highest BCUT2D eigenvalue weighted by Crippen LogP contribution is 2.35. The zero-order valence-electron chi connectivity index (χ0n) is 13.9. The van der Waals surface area contributed by atoms with Gasteiger partial charge in [-0.05, 0) is 43.0 Å². The highest BCUT2D eigenvalue weighted by atomic mass is 16.5. The van der Waals surface area contributed by atoms with E-state index >= 15 is 0 Å². The molecule has 2 N–H and O–H groups in total. The lowest BCUT2D eigenvalue weighted by molar-refractivity contribution is -0.139. The van der Waals surface area contributed by atoms with Gasteiger partial charge in [0.05, 0.1) is 12.0 Å². The zero-order chi connectivity index (χ0) is 17.7. The van der Waals surface area contributed by atoms with Crippen LogP contribution in [0.25, 0.3) is 0 Å². The van der Waals surface area contributed by atoms with Crippen LogP contribution in [-0.2, 0) is 11.4 Å². The molecule has 0 aliphatic heterocycles. The van der Waals surface area contributed by atoms with Gasteiger partial charge in [0, 0.05) is 5.56 Å². The largest absolute Gasteiger partial charge is 0.489 e. The molecule has 1 aliphatic rings. The van der Waals surface area contributed by atoms with Crippen molar-refractivity contribution >= 4 is 11.9 Å². The summed E-state index contributed by atoms with van der Waals surface area (Å²) in [7, 11) is 0. The van der Waals surface area contributed by atoms with Crippen molar-refractivity contribution in [3.05, 3.63) is 65.7 Å². The first kappa shape index (κ1) is 17.0. The van der Waals surface area contributed by atoms with E-state index in [4.69, 9.17) is 9.84 Å².